The standard InChI is InChI=1S/C27H38O3Si/c1-26-14-12-18(28)16-23(26)24(30-31(3,4)19-8-6-5-7-9-19)17-20-21-10-11-25(29)27(21,2)15-13-22(20)26/h5-9,20-24H,10-17H2,1-4H3/t20-,21-,22-,23-,24+,26+,27-/m0/s1. The first kappa shape index (κ1) is 21.6. The fourth-order valence-electron chi connectivity index (χ4n) is 8.25. The Labute approximate surface area is 188 Å². The van der Waals surface area contributed by atoms with Crippen LogP contribution >= 0.6 is 0 Å². The highest BCUT2D eigenvalue weighted by Crippen LogP contribution is 2.65. The van der Waals surface area contributed by atoms with Crippen LogP contribution in [0.25, 0.3) is 0 Å². The number of benzene rings is 1. The van der Waals surface area contributed by atoms with Gasteiger partial charge in [0.05, 0.1) is 0 Å². The first-order valence-corrected chi connectivity index (χ1v) is 15.3. The SMILES string of the molecule is C[C@]12CCC(=O)C[C@H]1[C@H](O[Si](C)(C)c1ccccc1)C[C@@H]1[C@@H]2CC[C@]2(C)C(=O)CC[C@@H]12. The van der Waals surface area contributed by atoms with Gasteiger partial charge in [0.25, 0.3) is 0 Å². The molecule has 168 valence electrons. The molecule has 0 amide bonds. The topological polar surface area (TPSA) is 43.4 Å². The number of rotatable bonds is 3. The summed E-state index contributed by atoms with van der Waals surface area (Å²) in [7, 11) is -2.10. The van der Waals surface area contributed by atoms with E-state index in [0.717, 1.165) is 44.9 Å². The van der Waals surface area contributed by atoms with E-state index in [0.29, 0.717) is 41.7 Å². The zero-order chi connectivity index (χ0) is 22.0. The normalized spacial score (nSPS) is 42.6. The lowest BCUT2D eigenvalue weighted by Gasteiger charge is -2.61. The summed E-state index contributed by atoms with van der Waals surface area (Å²) in [6.07, 6.45) is 7.60. The maximum Gasteiger partial charge on any atom is 0.218 e. The minimum absolute atomic E-state index is 0.119. The maximum absolute atomic E-state index is 12.8. The summed E-state index contributed by atoms with van der Waals surface area (Å²) in [4.78, 5) is 25.4. The van der Waals surface area contributed by atoms with Crippen molar-refractivity contribution in [1.29, 1.82) is 0 Å². The largest absolute Gasteiger partial charge is 0.410 e. The summed E-state index contributed by atoms with van der Waals surface area (Å²) < 4.78 is 7.11. The van der Waals surface area contributed by atoms with E-state index < -0.39 is 8.32 Å². The molecule has 4 fully saturated rings. The van der Waals surface area contributed by atoms with Gasteiger partial charge in [0.2, 0.25) is 8.32 Å². The number of hydrogen-bond acceptors (Lipinski definition) is 3. The quantitative estimate of drug-likeness (QED) is 0.604. The summed E-state index contributed by atoms with van der Waals surface area (Å²) in [5, 5.41) is 1.32. The fraction of sp³-hybridized carbons (Fsp3) is 0.704. The van der Waals surface area contributed by atoms with Gasteiger partial charge in [0.15, 0.2) is 0 Å². The van der Waals surface area contributed by atoms with E-state index in [1.165, 1.54) is 5.19 Å². The van der Waals surface area contributed by atoms with Crippen molar-refractivity contribution in [2.24, 2.45) is 34.5 Å². The lowest BCUT2D eigenvalue weighted by Crippen LogP contribution is -2.61. The predicted molar refractivity (Wildman–Crippen MR) is 126 cm³/mol. The van der Waals surface area contributed by atoms with Crippen LogP contribution in [0.1, 0.15) is 65.2 Å². The molecule has 1 aromatic rings. The van der Waals surface area contributed by atoms with E-state index in [-0.39, 0.29) is 16.9 Å². The van der Waals surface area contributed by atoms with Crippen LogP contribution in [0.3, 0.4) is 0 Å². The average Bonchev–Trinajstić information content (AvgIpc) is 3.05. The summed E-state index contributed by atoms with van der Waals surface area (Å²) in [6.45, 7) is 9.33. The molecule has 0 radical (unpaired) electrons. The molecule has 4 aliphatic rings. The second-order valence-corrected chi connectivity index (χ2v) is 15.8. The highest BCUT2D eigenvalue weighted by Gasteiger charge is 2.62. The molecule has 1 aromatic carbocycles. The Morgan fingerprint density at radius 3 is 2.42 bits per heavy atom. The Morgan fingerprint density at radius 2 is 1.68 bits per heavy atom. The number of hydrogen-bond donors (Lipinski definition) is 0. The second kappa shape index (κ2) is 7.38. The molecule has 4 aliphatic carbocycles. The zero-order valence-electron chi connectivity index (χ0n) is 19.7. The molecule has 7 atom stereocenters. The van der Waals surface area contributed by atoms with Crippen LogP contribution in [0.4, 0.5) is 0 Å². The molecule has 0 unspecified atom stereocenters. The molecule has 0 spiro atoms. The Hall–Kier alpha value is -1.26. The molecule has 0 N–H and O–H groups in total. The van der Waals surface area contributed by atoms with Gasteiger partial charge in [-0.25, -0.2) is 0 Å². The molecule has 31 heavy (non-hydrogen) atoms. The molecular weight excluding hydrogens is 400 g/mol. The molecule has 4 saturated carbocycles. The van der Waals surface area contributed by atoms with Crippen LogP contribution in [-0.2, 0) is 14.0 Å². The van der Waals surface area contributed by atoms with Gasteiger partial charge in [-0.05, 0) is 79.5 Å². The summed E-state index contributed by atoms with van der Waals surface area (Å²) >= 11 is 0. The van der Waals surface area contributed by atoms with E-state index in [1.54, 1.807) is 0 Å². The maximum atomic E-state index is 12.8. The number of Topliss-reactive ketones (excluding diaryl/α,β-unsaturated/α-hetero) is 2. The Bertz CT molecular complexity index is 880. The number of fused-ring (bicyclic) bond motifs is 5. The highest BCUT2D eigenvalue weighted by atomic mass is 28.4. The molecule has 4 heteroatoms. The van der Waals surface area contributed by atoms with Crippen molar-refractivity contribution >= 4 is 25.1 Å². The Morgan fingerprint density at radius 1 is 0.935 bits per heavy atom. The summed E-state index contributed by atoms with van der Waals surface area (Å²) in [5.74, 6) is 2.94. The minimum atomic E-state index is -2.10. The minimum Gasteiger partial charge on any atom is -0.410 e. The molecule has 0 aromatic heterocycles. The third-order valence-electron chi connectivity index (χ3n) is 10.1. The van der Waals surface area contributed by atoms with E-state index >= 15 is 0 Å². The van der Waals surface area contributed by atoms with Gasteiger partial charge < -0.3 is 4.43 Å². The number of carbonyl (C=O) groups is 2. The molecule has 0 saturated heterocycles. The third kappa shape index (κ3) is 3.31. The van der Waals surface area contributed by atoms with Gasteiger partial charge in [-0.15, -0.1) is 0 Å². The van der Waals surface area contributed by atoms with Crippen LogP contribution in [0.15, 0.2) is 30.3 Å². The average molecular weight is 439 g/mol. The van der Waals surface area contributed by atoms with Crippen molar-refractivity contribution in [1.82, 2.24) is 0 Å². The predicted octanol–water partition coefficient (Wildman–Crippen LogP) is 5.27. The summed E-state index contributed by atoms with van der Waals surface area (Å²) in [6, 6.07) is 10.7. The molecular formula is C27H38O3Si. The van der Waals surface area contributed by atoms with Crippen molar-refractivity contribution in [2.75, 3.05) is 0 Å². The van der Waals surface area contributed by atoms with Crippen LogP contribution in [0.2, 0.25) is 13.1 Å². The Kier molecular flexibility index (Phi) is 5.14. The van der Waals surface area contributed by atoms with E-state index in [1.807, 2.05) is 0 Å². The lowest BCUT2D eigenvalue weighted by molar-refractivity contribution is -0.162. The van der Waals surface area contributed by atoms with Gasteiger partial charge in [0, 0.05) is 30.8 Å². The summed E-state index contributed by atoms with van der Waals surface area (Å²) in [5.41, 5.74) is 0.0431. The molecule has 5 rings (SSSR count). The van der Waals surface area contributed by atoms with E-state index in [9.17, 15) is 9.59 Å². The van der Waals surface area contributed by atoms with Crippen molar-refractivity contribution in [3.8, 4) is 0 Å². The molecule has 0 aliphatic heterocycles. The third-order valence-corrected chi connectivity index (χ3v) is 12.7. The van der Waals surface area contributed by atoms with Crippen molar-refractivity contribution < 1.29 is 14.0 Å². The van der Waals surface area contributed by atoms with Gasteiger partial charge in [-0.1, -0.05) is 44.2 Å². The van der Waals surface area contributed by atoms with Crippen LogP contribution in [0, 0.1) is 34.5 Å². The van der Waals surface area contributed by atoms with Crippen LogP contribution in [0.5, 0.6) is 0 Å². The molecule has 0 heterocycles. The second-order valence-electron chi connectivity index (χ2n) is 11.9. The van der Waals surface area contributed by atoms with Crippen molar-refractivity contribution in [3.63, 3.8) is 0 Å². The first-order valence-electron chi connectivity index (χ1n) is 12.4. The smallest absolute Gasteiger partial charge is 0.218 e. The van der Waals surface area contributed by atoms with Crippen LogP contribution < -0.4 is 5.19 Å². The highest BCUT2D eigenvalue weighted by molar-refractivity contribution is 6.84. The number of carbonyl (C=O) groups excluding carboxylic acids is 2. The van der Waals surface area contributed by atoms with E-state index in [2.05, 4.69) is 57.3 Å². The molecule has 0 bridgehead atoms. The Balaban J connectivity index is 1.50. The van der Waals surface area contributed by atoms with Crippen molar-refractivity contribution in [3.05, 3.63) is 30.3 Å². The zero-order valence-corrected chi connectivity index (χ0v) is 20.7. The first-order chi connectivity index (χ1) is 14.6. The van der Waals surface area contributed by atoms with Crippen LogP contribution in [-0.4, -0.2) is 26.0 Å². The van der Waals surface area contributed by atoms with Crippen molar-refractivity contribution in [2.45, 2.75) is 84.4 Å². The number of ketones is 2. The van der Waals surface area contributed by atoms with Gasteiger partial charge >= 0.3 is 0 Å². The van der Waals surface area contributed by atoms with Gasteiger partial charge in [-0.3, -0.25) is 9.59 Å². The van der Waals surface area contributed by atoms with E-state index in [4.69, 9.17) is 4.43 Å². The lowest BCUT2D eigenvalue weighted by atomic mass is 9.44. The monoisotopic (exact) mass is 438 g/mol. The molecule has 3 nitrogen and oxygen atoms in total. The van der Waals surface area contributed by atoms with Gasteiger partial charge in [-0.2, -0.15) is 0 Å². The van der Waals surface area contributed by atoms with Gasteiger partial charge in [0.1, 0.15) is 11.6 Å². The fourth-order valence-corrected chi connectivity index (χ4v) is 10.4.